The molecule has 2 aliphatic rings. The van der Waals surface area contributed by atoms with Crippen molar-refractivity contribution in [2.75, 3.05) is 9.80 Å². The summed E-state index contributed by atoms with van der Waals surface area (Å²) < 4.78 is 13.1. The van der Waals surface area contributed by atoms with Gasteiger partial charge in [0.25, 0.3) is 0 Å². The number of nitrogens with zero attached hydrogens (tertiary/aromatic N) is 2. The second-order valence-corrected chi connectivity index (χ2v) is 13.6. The summed E-state index contributed by atoms with van der Waals surface area (Å²) in [5.41, 5.74) is 10.7. The molecule has 2 heterocycles. The van der Waals surface area contributed by atoms with Crippen LogP contribution in [0.1, 0.15) is 0 Å². The quantitative estimate of drug-likeness (QED) is 0.171. The molecule has 0 bridgehead atoms. The Morgan fingerprint density at radius 3 is 0.907 bits per heavy atom. The van der Waals surface area contributed by atoms with Crippen molar-refractivity contribution in [3.63, 3.8) is 0 Å². The van der Waals surface area contributed by atoms with Crippen molar-refractivity contribution in [3.8, 4) is 45.3 Å². The van der Waals surface area contributed by atoms with Crippen LogP contribution in [0, 0.1) is 0 Å². The highest BCUT2D eigenvalue weighted by Gasteiger charge is 2.33. The molecule has 11 rings (SSSR count). The first-order valence-corrected chi connectivity index (χ1v) is 18.3. The molecule has 0 radical (unpaired) electrons. The lowest BCUT2D eigenvalue weighted by molar-refractivity contribution is 0.476. The smallest absolute Gasteiger partial charge is 0.151 e. The number of ether oxygens (including phenoxy) is 2. The predicted octanol–water partition coefficient (Wildman–Crippen LogP) is 14.5. The molecule has 0 spiro atoms. The van der Waals surface area contributed by atoms with Crippen LogP contribution in [0.2, 0.25) is 0 Å². The Morgan fingerprint density at radius 1 is 0.259 bits per heavy atom. The molecule has 4 nitrogen and oxygen atoms in total. The zero-order chi connectivity index (χ0) is 35.6. The molecule has 9 aromatic rings. The van der Waals surface area contributed by atoms with E-state index in [1.807, 2.05) is 24.3 Å². The maximum absolute atomic E-state index is 6.55. The van der Waals surface area contributed by atoms with E-state index in [1.54, 1.807) is 0 Å². The van der Waals surface area contributed by atoms with Crippen molar-refractivity contribution >= 4 is 55.7 Å². The molecule has 0 amide bonds. The number of para-hydroxylation sites is 8. The molecule has 0 unspecified atom stereocenters. The minimum absolute atomic E-state index is 0.815. The molecule has 0 N–H and O–H groups in total. The number of rotatable bonds is 4. The van der Waals surface area contributed by atoms with Crippen molar-refractivity contribution in [1.29, 1.82) is 0 Å². The van der Waals surface area contributed by atoms with Gasteiger partial charge in [0.2, 0.25) is 0 Å². The summed E-state index contributed by atoms with van der Waals surface area (Å²) in [6.07, 6.45) is 0. The zero-order valence-electron chi connectivity index (χ0n) is 29.2. The topological polar surface area (TPSA) is 24.9 Å². The minimum atomic E-state index is 0.815. The van der Waals surface area contributed by atoms with Crippen molar-refractivity contribution in [1.82, 2.24) is 0 Å². The second kappa shape index (κ2) is 12.1. The highest BCUT2D eigenvalue weighted by Crippen LogP contribution is 2.59. The maximum atomic E-state index is 6.55. The summed E-state index contributed by atoms with van der Waals surface area (Å²) in [6, 6.07) is 68.5. The van der Waals surface area contributed by atoms with Gasteiger partial charge in [-0.25, -0.2) is 0 Å². The molecule has 54 heavy (non-hydrogen) atoms. The Bertz CT molecular complexity index is 2610. The molecule has 0 saturated carbocycles. The first-order chi connectivity index (χ1) is 26.8. The van der Waals surface area contributed by atoms with Crippen LogP contribution >= 0.6 is 0 Å². The van der Waals surface area contributed by atoms with E-state index in [-0.39, 0.29) is 0 Å². The predicted molar refractivity (Wildman–Crippen MR) is 222 cm³/mol. The van der Waals surface area contributed by atoms with E-state index in [4.69, 9.17) is 9.47 Å². The Hall–Kier alpha value is -7.30. The van der Waals surface area contributed by atoms with E-state index in [9.17, 15) is 0 Å². The van der Waals surface area contributed by atoms with Crippen LogP contribution in [0.3, 0.4) is 0 Å². The first kappa shape index (κ1) is 30.3. The molecule has 0 atom stereocenters. The van der Waals surface area contributed by atoms with E-state index < -0.39 is 0 Å². The molecule has 0 aliphatic carbocycles. The van der Waals surface area contributed by atoms with Gasteiger partial charge in [-0.3, -0.25) is 0 Å². The number of hydrogen-bond acceptors (Lipinski definition) is 4. The summed E-state index contributed by atoms with van der Waals surface area (Å²) in [7, 11) is 0. The third-order valence-electron chi connectivity index (χ3n) is 10.6. The van der Waals surface area contributed by atoms with Gasteiger partial charge in [0, 0.05) is 10.8 Å². The number of fused-ring (bicyclic) bond motifs is 6. The Labute approximate surface area is 313 Å². The molecule has 0 aromatic heterocycles. The van der Waals surface area contributed by atoms with Crippen molar-refractivity contribution in [2.45, 2.75) is 0 Å². The average molecular weight is 693 g/mol. The van der Waals surface area contributed by atoms with Crippen LogP contribution in [-0.4, -0.2) is 0 Å². The maximum Gasteiger partial charge on any atom is 0.151 e. The zero-order valence-corrected chi connectivity index (χ0v) is 29.2. The SMILES string of the molecule is c1ccc(-c2c3ccccc3c(-c3ccccc3)c3c(N4c5ccccc5Oc5ccccc54)ccc(N4c5ccccc5Oc5ccccc54)c23)cc1. The highest BCUT2D eigenvalue weighted by molar-refractivity contribution is 6.29. The third-order valence-corrected chi connectivity index (χ3v) is 10.6. The Morgan fingerprint density at radius 2 is 0.556 bits per heavy atom. The van der Waals surface area contributed by atoms with E-state index in [0.29, 0.717) is 0 Å². The van der Waals surface area contributed by atoms with Crippen molar-refractivity contribution in [3.05, 3.63) is 194 Å². The summed E-state index contributed by atoms with van der Waals surface area (Å²) in [6.45, 7) is 0. The van der Waals surface area contributed by atoms with Crippen LogP contribution in [0.4, 0.5) is 34.1 Å². The van der Waals surface area contributed by atoms with E-state index in [0.717, 1.165) is 79.0 Å². The number of hydrogen-bond donors (Lipinski definition) is 0. The Balaban J connectivity index is 1.38. The fraction of sp³-hybridized carbons (Fsp3) is 0. The molecule has 254 valence electrons. The lowest BCUT2D eigenvalue weighted by atomic mass is 9.84. The fourth-order valence-corrected chi connectivity index (χ4v) is 8.39. The monoisotopic (exact) mass is 692 g/mol. The van der Waals surface area contributed by atoms with Gasteiger partial charge in [0.15, 0.2) is 23.0 Å². The van der Waals surface area contributed by atoms with Crippen LogP contribution in [-0.2, 0) is 0 Å². The van der Waals surface area contributed by atoms with Gasteiger partial charge in [-0.05, 0) is 93.7 Å². The standard InChI is InChI=1S/C50H32N2O2/c1-3-17-33(18-4-1)47-35-21-7-8-22-36(35)48(34-19-5-2-6-20-34)50-42(52-39-25-11-15-29-45(39)54-46-30-16-12-26-40(46)52)32-31-41(49(47)50)51-37-23-9-13-27-43(37)53-44-28-14-10-24-38(44)51/h1-32H. The molecule has 0 saturated heterocycles. The fourth-order valence-electron chi connectivity index (χ4n) is 8.39. The molecular weight excluding hydrogens is 661 g/mol. The molecular formula is C50H32N2O2. The van der Waals surface area contributed by atoms with Gasteiger partial charge in [0.05, 0.1) is 34.1 Å². The molecule has 9 aromatic carbocycles. The molecule has 0 fully saturated rings. The van der Waals surface area contributed by atoms with E-state index in [2.05, 4.69) is 180 Å². The average Bonchev–Trinajstić information content (AvgIpc) is 3.24. The Kier molecular flexibility index (Phi) is 6.82. The summed E-state index contributed by atoms with van der Waals surface area (Å²) >= 11 is 0. The minimum Gasteiger partial charge on any atom is -0.453 e. The van der Waals surface area contributed by atoms with E-state index in [1.165, 1.54) is 21.9 Å². The normalized spacial score (nSPS) is 12.7. The van der Waals surface area contributed by atoms with Gasteiger partial charge in [0.1, 0.15) is 0 Å². The van der Waals surface area contributed by atoms with Crippen molar-refractivity contribution in [2.24, 2.45) is 0 Å². The highest BCUT2D eigenvalue weighted by atomic mass is 16.5. The van der Waals surface area contributed by atoms with Crippen LogP contribution in [0.25, 0.3) is 43.8 Å². The summed E-state index contributed by atoms with van der Waals surface area (Å²) in [4.78, 5) is 4.77. The van der Waals surface area contributed by atoms with Gasteiger partial charge in [-0.2, -0.15) is 0 Å². The van der Waals surface area contributed by atoms with E-state index >= 15 is 0 Å². The van der Waals surface area contributed by atoms with Gasteiger partial charge in [-0.15, -0.1) is 0 Å². The summed E-state index contributed by atoms with van der Waals surface area (Å²) in [5.74, 6) is 3.26. The first-order valence-electron chi connectivity index (χ1n) is 18.3. The van der Waals surface area contributed by atoms with Crippen molar-refractivity contribution < 1.29 is 9.47 Å². The third kappa shape index (κ3) is 4.57. The number of benzene rings is 9. The van der Waals surface area contributed by atoms with Gasteiger partial charge < -0.3 is 19.3 Å². The number of anilines is 6. The van der Waals surface area contributed by atoms with Gasteiger partial charge >= 0.3 is 0 Å². The lowest BCUT2D eigenvalue weighted by Crippen LogP contribution is -2.18. The van der Waals surface area contributed by atoms with Gasteiger partial charge in [-0.1, -0.05) is 133 Å². The van der Waals surface area contributed by atoms with Crippen LogP contribution in [0.15, 0.2) is 194 Å². The second-order valence-electron chi connectivity index (χ2n) is 13.6. The molecule has 4 heteroatoms. The van der Waals surface area contributed by atoms with Crippen LogP contribution < -0.4 is 19.3 Å². The lowest BCUT2D eigenvalue weighted by Gasteiger charge is -2.37. The largest absolute Gasteiger partial charge is 0.453 e. The molecule has 2 aliphatic heterocycles. The van der Waals surface area contributed by atoms with Crippen LogP contribution in [0.5, 0.6) is 23.0 Å². The summed E-state index contributed by atoms with van der Waals surface area (Å²) in [5, 5.41) is 4.66.